The van der Waals surface area contributed by atoms with Gasteiger partial charge in [0.05, 0.1) is 0 Å². The molecule has 0 aliphatic rings. The number of nitrogens with zero attached hydrogens (tertiary/aromatic N) is 1. The topological polar surface area (TPSA) is 61.1 Å². The number of thiol groups is 1. The molecule has 1 heterocycles. The molecular weight excluding hydrogens is 353 g/mol. The Balaban J connectivity index is 0.000000287. The van der Waals surface area contributed by atoms with Gasteiger partial charge in [0.1, 0.15) is 27.8 Å². The van der Waals surface area contributed by atoms with Gasteiger partial charge in [-0.05, 0) is 0 Å². The summed E-state index contributed by atoms with van der Waals surface area (Å²) in [6.07, 6.45) is 3.73. The summed E-state index contributed by atoms with van der Waals surface area (Å²) in [5.74, 6) is -12.8. The van der Waals surface area contributed by atoms with E-state index in [1.54, 1.807) is 3.97 Å². The van der Waals surface area contributed by atoms with E-state index in [4.69, 9.17) is 0 Å². The molecule has 11 heteroatoms. The maximum Gasteiger partial charge on any atom is 0.200 e. The molecule has 0 amide bonds. The van der Waals surface area contributed by atoms with Gasteiger partial charge < -0.3 is 4.55 Å². The molecular formula is C11H6F5NO3S2. The average molecular weight is 359 g/mol. The van der Waals surface area contributed by atoms with E-state index in [0.29, 0.717) is 0 Å². The van der Waals surface area contributed by atoms with Gasteiger partial charge in [0, 0.05) is 12.1 Å². The molecule has 4 nitrogen and oxygen atoms in total. The zero-order chi connectivity index (χ0) is 17.1. The highest BCUT2D eigenvalue weighted by Crippen LogP contribution is 2.26. The van der Waals surface area contributed by atoms with Crippen molar-refractivity contribution in [2.24, 2.45) is 0 Å². The van der Waals surface area contributed by atoms with E-state index in [9.17, 15) is 34.9 Å². The molecule has 0 spiro atoms. The molecule has 0 N–H and O–H groups in total. The van der Waals surface area contributed by atoms with Crippen LogP contribution in [0.3, 0.4) is 0 Å². The molecule has 0 fully saturated rings. The molecule has 0 atom stereocenters. The third-order valence-electron chi connectivity index (χ3n) is 2.12. The summed E-state index contributed by atoms with van der Waals surface area (Å²) < 4.78 is 94.6. The minimum absolute atomic E-state index is 1.69. The van der Waals surface area contributed by atoms with Gasteiger partial charge in [-0.25, -0.2) is 30.4 Å². The van der Waals surface area contributed by atoms with Gasteiger partial charge in [-0.1, -0.05) is 6.07 Å². The SMILES string of the molecule is O=S(=O)([O-])c1c(F)c(F)c(F)c(F)c1F.S[n+]1ccccc1. The Labute approximate surface area is 127 Å². The van der Waals surface area contributed by atoms with E-state index in [0.717, 1.165) is 0 Å². The maximum atomic E-state index is 12.6. The van der Waals surface area contributed by atoms with Crippen molar-refractivity contribution in [3.8, 4) is 0 Å². The number of hydrogen-bond acceptors (Lipinski definition) is 4. The van der Waals surface area contributed by atoms with Crippen molar-refractivity contribution >= 4 is 22.9 Å². The van der Waals surface area contributed by atoms with Crippen LogP contribution in [0.15, 0.2) is 35.5 Å². The minimum atomic E-state index is -5.77. The van der Waals surface area contributed by atoms with Crippen molar-refractivity contribution in [3.05, 3.63) is 59.7 Å². The lowest BCUT2D eigenvalue weighted by molar-refractivity contribution is -0.489. The summed E-state index contributed by atoms with van der Waals surface area (Å²) in [6.45, 7) is 0. The largest absolute Gasteiger partial charge is 0.744 e. The van der Waals surface area contributed by atoms with Crippen LogP contribution < -0.4 is 3.97 Å². The first-order valence-corrected chi connectivity index (χ1v) is 7.01. The number of halogens is 5. The van der Waals surface area contributed by atoms with Gasteiger partial charge in [-0.3, -0.25) is 0 Å². The first kappa shape index (κ1) is 18.3. The van der Waals surface area contributed by atoms with Gasteiger partial charge in [0.25, 0.3) is 0 Å². The van der Waals surface area contributed by atoms with Gasteiger partial charge in [0.15, 0.2) is 35.7 Å². The fraction of sp³-hybridized carbons (Fsp3) is 0. The Bertz CT molecular complexity index is 755. The minimum Gasteiger partial charge on any atom is -0.744 e. The summed E-state index contributed by atoms with van der Waals surface area (Å²) in [5.41, 5.74) is 0. The van der Waals surface area contributed by atoms with Gasteiger partial charge in [-0.2, -0.15) is 0 Å². The van der Waals surface area contributed by atoms with Crippen molar-refractivity contribution in [1.82, 2.24) is 0 Å². The first-order valence-electron chi connectivity index (χ1n) is 5.20. The van der Waals surface area contributed by atoms with Crippen LogP contribution in [0.5, 0.6) is 0 Å². The first-order chi connectivity index (χ1) is 10.1. The van der Waals surface area contributed by atoms with Gasteiger partial charge in [0.2, 0.25) is 5.82 Å². The number of benzene rings is 1. The normalized spacial score (nSPS) is 10.9. The third kappa shape index (κ3) is 4.15. The summed E-state index contributed by atoms with van der Waals surface area (Å²) in [7, 11) is -5.77. The zero-order valence-corrected chi connectivity index (χ0v) is 12.0. The maximum absolute atomic E-state index is 12.6. The van der Waals surface area contributed by atoms with Crippen LogP contribution in [0.4, 0.5) is 22.0 Å². The average Bonchev–Trinajstić information content (AvgIpc) is 2.43. The van der Waals surface area contributed by atoms with Gasteiger partial charge >= 0.3 is 0 Å². The van der Waals surface area contributed by atoms with E-state index in [-0.39, 0.29) is 0 Å². The fourth-order valence-corrected chi connectivity index (χ4v) is 1.97. The molecule has 1 aromatic heterocycles. The van der Waals surface area contributed by atoms with E-state index in [1.807, 2.05) is 30.6 Å². The van der Waals surface area contributed by atoms with E-state index in [1.165, 1.54) is 0 Å². The number of hydrogen-bond donors (Lipinski definition) is 1. The van der Waals surface area contributed by atoms with Crippen molar-refractivity contribution in [3.63, 3.8) is 0 Å². The molecule has 0 aliphatic carbocycles. The van der Waals surface area contributed by atoms with E-state index >= 15 is 0 Å². The Kier molecular flexibility index (Phi) is 5.85. The smallest absolute Gasteiger partial charge is 0.200 e. The molecule has 0 aliphatic heterocycles. The van der Waals surface area contributed by atoms with Crippen molar-refractivity contribution in [2.45, 2.75) is 4.90 Å². The zero-order valence-electron chi connectivity index (χ0n) is 10.3. The highest BCUT2D eigenvalue weighted by molar-refractivity contribution is 7.85. The van der Waals surface area contributed by atoms with Crippen LogP contribution in [0, 0.1) is 29.1 Å². The molecule has 0 saturated heterocycles. The Morgan fingerprint density at radius 2 is 1.18 bits per heavy atom. The van der Waals surface area contributed by atoms with Crippen molar-refractivity contribution < 1.29 is 38.9 Å². The highest BCUT2D eigenvalue weighted by atomic mass is 32.2. The Hall–Kier alpha value is -1.72. The summed E-state index contributed by atoms with van der Waals surface area (Å²) in [6, 6.07) is 5.80. The summed E-state index contributed by atoms with van der Waals surface area (Å²) in [4.78, 5) is -2.38. The van der Waals surface area contributed by atoms with Crippen LogP contribution in [0.1, 0.15) is 0 Å². The highest BCUT2D eigenvalue weighted by Gasteiger charge is 2.28. The standard InChI is InChI=1S/C6HF5O3S.C5H6NS/c7-1-2(8)4(10)6(15(12,13)14)5(11)3(1)9;7-6-4-2-1-3-5-6/h(H,12,13,14);1-5,7H/q;+1/p-1. The monoisotopic (exact) mass is 359 g/mol. The molecule has 0 bridgehead atoms. The molecule has 22 heavy (non-hydrogen) atoms. The second kappa shape index (κ2) is 7.03. The predicted octanol–water partition coefficient (Wildman–Crippen LogP) is 1.95. The van der Waals surface area contributed by atoms with Crippen LogP contribution in [0.25, 0.3) is 0 Å². The summed E-state index contributed by atoms with van der Waals surface area (Å²) in [5, 5.41) is 0. The van der Waals surface area contributed by atoms with Crippen LogP contribution in [-0.4, -0.2) is 13.0 Å². The lowest BCUT2D eigenvalue weighted by Gasteiger charge is -2.10. The molecule has 1 aromatic carbocycles. The molecule has 120 valence electrons. The van der Waals surface area contributed by atoms with E-state index in [2.05, 4.69) is 12.8 Å². The molecule has 0 radical (unpaired) electrons. The lowest BCUT2D eigenvalue weighted by atomic mass is 10.3. The molecule has 2 rings (SSSR count). The predicted molar refractivity (Wildman–Crippen MR) is 65.2 cm³/mol. The Morgan fingerprint density at radius 3 is 1.45 bits per heavy atom. The lowest BCUT2D eigenvalue weighted by Crippen LogP contribution is -2.16. The van der Waals surface area contributed by atoms with Gasteiger partial charge in [-0.15, -0.1) is 3.97 Å². The summed E-state index contributed by atoms with van der Waals surface area (Å²) >= 11 is 4.00. The van der Waals surface area contributed by atoms with Crippen LogP contribution in [0.2, 0.25) is 0 Å². The molecule has 0 unspecified atom stereocenters. The quantitative estimate of drug-likeness (QED) is 0.211. The second-order valence-electron chi connectivity index (χ2n) is 3.61. The van der Waals surface area contributed by atoms with E-state index < -0.39 is 44.1 Å². The molecule has 2 aromatic rings. The van der Waals surface area contributed by atoms with Crippen molar-refractivity contribution in [2.75, 3.05) is 0 Å². The molecule has 0 saturated carbocycles. The number of aromatic nitrogens is 1. The number of rotatable bonds is 1. The van der Waals surface area contributed by atoms with Crippen LogP contribution >= 0.6 is 12.8 Å². The number of pyridine rings is 1. The third-order valence-corrected chi connectivity index (χ3v) is 3.24. The van der Waals surface area contributed by atoms with Crippen molar-refractivity contribution in [1.29, 1.82) is 0 Å². The van der Waals surface area contributed by atoms with Crippen LogP contribution in [-0.2, 0) is 10.1 Å². The Morgan fingerprint density at radius 1 is 0.818 bits per heavy atom. The fourth-order valence-electron chi connectivity index (χ4n) is 1.19. The second-order valence-corrected chi connectivity index (χ2v) is 5.39.